The summed E-state index contributed by atoms with van der Waals surface area (Å²) in [7, 11) is 0. The molecule has 1 aromatic carbocycles. The highest BCUT2D eigenvalue weighted by Crippen LogP contribution is 2.20. The van der Waals surface area contributed by atoms with Crippen LogP contribution in [0, 0.1) is 0 Å². The van der Waals surface area contributed by atoms with E-state index in [1.165, 1.54) is 12.5 Å². The Bertz CT molecular complexity index is 777. The zero-order chi connectivity index (χ0) is 16.3. The van der Waals surface area contributed by atoms with E-state index in [1.54, 1.807) is 29.9 Å². The zero-order valence-corrected chi connectivity index (χ0v) is 12.6. The van der Waals surface area contributed by atoms with Crippen molar-refractivity contribution in [1.29, 1.82) is 0 Å². The normalized spacial score (nSPS) is 13.5. The van der Waals surface area contributed by atoms with E-state index < -0.39 is 5.60 Å². The van der Waals surface area contributed by atoms with Crippen LogP contribution in [0.2, 0.25) is 0 Å². The highest BCUT2D eigenvalue weighted by Gasteiger charge is 2.27. The molecule has 0 saturated carbocycles. The van der Waals surface area contributed by atoms with Crippen LogP contribution in [0.5, 0.6) is 0 Å². The summed E-state index contributed by atoms with van der Waals surface area (Å²) >= 11 is 0. The van der Waals surface area contributed by atoms with E-state index in [0.717, 1.165) is 5.69 Å². The molecule has 1 amide bonds. The summed E-state index contributed by atoms with van der Waals surface area (Å²) in [4.78, 5) is 12.2. The standard InChI is InChI=1S/C17H17N3O3/c1-17(22,15-8-5-9-23-15)12-18-16(21)13-10-19-20(11-13)14-6-3-2-4-7-14/h2-11,22H,12H2,1H3,(H,18,21). The minimum atomic E-state index is -1.27. The molecule has 2 N–H and O–H groups in total. The van der Waals surface area contributed by atoms with Crippen molar-refractivity contribution in [2.75, 3.05) is 6.54 Å². The van der Waals surface area contributed by atoms with Gasteiger partial charge in [0.05, 0.1) is 30.3 Å². The molecular weight excluding hydrogens is 294 g/mol. The van der Waals surface area contributed by atoms with Crippen LogP contribution in [0.3, 0.4) is 0 Å². The van der Waals surface area contributed by atoms with Gasteiger partial charge in [-0.05, 0) is 31.2 Å². The zero-order valence-electron chi connectivity index (χ0n) is 12.6. The Hall–Kier alpha value is -2.86. The molecule has 3 rings (SSSR count). The summed E-state index contributed by atoms with van der Waals surface area (Å²) in [5, 5.41) is 17.2. The highest BCUT2D eigenvalue weighted by atomic mass is 16.4. The fourth-order valence-electron chi connectivity index (χ4n) is 2.19. The smallest absolute Gasteiger partial charge is 0.254 e. The molecule has 0 bridgehead atoms. The lowest BCUT2D eigenvalue weighted by atomic mass is 10.0. The Balaban J connectivity index is 1.66. The molecule has 6 heteroatoms. The van der Waals surface area contributed by atoms with Crippen molar-refractivity contribution in [3.05, 3.63) is 72.4 Å². The minimum absolute atomic E-state index is 0.0376. The van der Waals surface area contributed by atoms with Crippen LogP contribution < -0.4 is 5.32 Å². The van der Waals surface area contributed by atoms with Crippen molar-refractivity contribution in [2.24, 2.45) is 0 Å². The monoisotopic (exact) mass is 311 g/mol. The average molecular weight is 311 g/mol. The van der Waals surface area contributed by atoms with Crippen LogP contribution in [0.25, 0.3) is 5.69 Å². The van der Waals surface area contributed by atoms with Crippen molar-refractivity contribution in [3.8, 4) is 5.69 Å². The Labute approximate surface area is 133 Å². The first-order chi connectivity index (χ1) is 11.1. The first-order valence-corrected chi connectivity index (χ1v) is 7.21. The van der Waals surface area contributed by atoms with Crippen LogP contribution >= 0.6 is 0 Å². The second kappa shape index (κ2) is 6.10. The van der Waals surface area contributed by atoms with Gasteiger partial charge in [0.2, 0.25) is 0 Å². The molecule has 0 radical (unpaired) electrons. The number of nitrogens with one attached hydrogen (secondary N) is 1. The van der Waals surface area contributed by atoms with Gasteiger partial charge >= 0.3 is 0 Å². The van der Waals surface area contributed by atoms with E-state index >= 15 is 0 Å². The topological polar surface area (TPSA) is 80.3 Å². The van der Waals surface area contributed by atoms with E-state index in [1.807, 2.05) is 30.3 Å². The number of nitrogens with zero attached hydrogens (tertiary/aromatic N) is 2. The van der Waals surface area contributed by atoms with Gasteiger partial charge in [-0.2, -0.15) is 5.10 Å². The number of aromatic nitrogens is 2. The number of para-hydroxylation sites is 1. The first kappa shape index (κ1) is 15.1. The molecule has 23 heavy (non-hydrogen) atoms. The third-order valence-corrected chi connectivity index (χ3v) is 3.51. The molecular formula is C17H17N3O3. The van der Waals surface area contributed by atoms with E-state index in [0.29, 0.717) is 11.3 Å². The predicted octanol–water partition coefficient (Wildman–Crippen LogP) is 2.10. The van der Waals surface area contributed by atoms with Crippen LogP contribution in [0.15, 0.2) is 65.5 Å². The molecule has 2 aromatic heterocycles. The van der Waals surface area contributed by atoms with Crippen molar-refractivity contribution in [1.82, 2.24) is 15.1 Å². The van der Waals surface area contributed by atoms with Crippen LogP contribution in [0.1, 0.15) is 23.0 Å². The molecule has 6 nitrogen and oxygen atoms in total. The van der Waals surface area contributed by atoms with Crippen LogP contribution in [-0.4, -0.2) is 27.3 Å². The number of aliphatic hydroxyl groups is 1. The number of carbonyl (C=O) groups is 1. The number of furan rings is 1. The molecule has 2 heterocycles. The van der Waals surface area contributed by atoms with E-state index in [2.05, 4.69) is 10.4 Å². The van der Waals surface area contributed by atoms with Crippen molar-refractivity contribution in [3.63, 3.8) is 0 Å². The molecule has 0 spiro atoms. The van der Waals surface area contributed by atoms with Crippen molar-refractivity contribution < 1.29 is 14.3 Å². The Morgan fingerprint density at radius 2 is 2.09 bits per heavy atom. The summed E-state index contributed by atoms with van der Waals surface area (Å²) in [6, 6.07) is 12.9. The van der Waals surface area contributed by atoms with Crippen molar-refractivity contribution >= 4 is 5.91 Å². The second-order valence-electron chi connectivity index (χ2n) is 5.44. The van der Waals surface area contributed by atoms with Gasteiger partial charge in [0.1, 0.15) is 11.4 Å². The molecule has 0 saturated heterocycles. The van der Waals surface area contributed by atoms with Gasteiger partial charge in [-0.25, -0.2) is 4.68 Å². The second-order valence-corrected chi connectivity index (χ2v) is 5.44. The summed E-state index contributed by atoms with van der Waals surface area (Å²) in [6.45, 7) is 1.62. The Morgan fingerprint density at radius 1 is 1.30 bits per heavy atom. The van der Waals surface area contributed by atoms with E-state index in [-0.39, 0.29) is 12.5 Å². The Kier molecular flexibility index (Phi) is 3.99. The largest absolute Gasteiger partial charge is 0.466 e. The average Bonchev–Trinajstić information content (AvgIpc) is 3.25. The molecule has 0 aliphatic carbocycles. The third-order valence-electron chi connectivity index (χ3n) is 3.51. The summed E-state index contributed by atoms with van der Waals surface area (Å²) in [5.41, 5.74) is 0.0208. The molecule has 1 atom stereocenters. The third kappa shape index (κ3) is 3.32. The van der Waals surface area contributed by atoms with Gasteiger partial charge in [-0.15, -0.1) is 0 Å². The maximum atomic E-state index is 12.2. The number of amides is 1. The van der Waals surface area contributed by atoms with E-state index in [4.69, 9.17) is 4.42 Å². The number of hydrogen-bond donors (Lipinski definition) is 2. The van der Waals surface area contributed by atoms with Gasteiger partial charge in [-0.1, -0.05) is 18.2 Å². The molecule has 3 aromatic rings. The number of benzene rings is 1. The lowest BCUT2D eigenvalue weighted by Gasteiger charge is -2.20. The van der Waals surface area contributed by atoms with Crippen molar-refractivity contribution in [2.45, 2.75) is 12.5 Å². The highest BCUT2D eigenvalue weighted by molar-refractivity contribution is 5.93. The lowest BCUT2D eigenvalue weighted by molar-refractivity contribution is 0.0330. The fourth-order valence-corrected chi connectivity index (χ4v) is 2.19. The van der Waals surface area contributed by atoms with Gasteiger partial charge in [-0.3, -0.25) is 4.79 Å². The van der Waals surface area contributed by atoms with Crippen LogP contribution in [-0.2, 0) is 5.60 Å². The summed E-state index contributed by atoms with van der Waals surface area (Å²) < 4.78 is 6.81. The SMILES string of the molecule is CC(O)(CNC(=O)c1cnn(-c2ccccc2)c1)c1ccco1. The maximum absolute atomic E-state index is 12.2. The molecule has 0 fully saturated rings. The van der Waals surface area contributed by atoms with Gasteiger partial charge in [0.25, 0.3) is 5.91 Å². The number of hydrogen-bond acceptors (Lipinski definition) is 4. The predicted molar refractivity (Wildman–Crippen MR) is 84.2 cm³/mol. The molecule has 0 aliphatic rings. The molecule has 0 aliphatic heterocycles. The maximum Gasteiger partial charge on any atom is 0.254 e. The van der Waals surface area contributed by atoms with Gasteiger partial charge in [0.15, 0.2) is 0 Å². The fraction of sp³-hybridized carbons (Fsp3) is 0.176. The first-order valence-electron chi connectivity index (χ1n) is 7.21. The van der Waals surface area contributed by atoms with Gasteiger partial charge < -0.3 is 14.8 Å². The summed E-state index contributed by atoms with van der Waals surface area (Å²) in [6.07, 6.45) is 4.62. The number of rotatable bonds is 5. The summed E-state index contributed by atoms with van der Waals surface area (Å²) in [5.74, 6) is 0.0943. The number of carbonyl (C=O) groups excluding carboxylic acids is 1. The molecule has 1 unspecified atom stereocenters. The Morgan fingerprint density at radius 3 is 2.78 bits per heavy atom. The van der Waals surface area contributed by atoms with Crippen LogP contribution in [0.4, 0.5) is 0 Å². The molecule has 118 valence electrons. The lowest BCUT2D eigenvalue weighted by Crippen LogP contribution is -2.38. The van der Waals surface area contributed by atoms with E-state index in [9.17, 15) is 9.90 Å². The quantitative estimate of drug-likeness (QED) is 0.756. The minimum Gasteiger partial charge on any atom is -0.466 e. The van der Waals surface area contributed by atoms with Gasteiger partial charge in [0, 0.05) is 6.20 Å².